The van der Waals surface area contributed by atoms with Gasteiger partial charge < -0.3 is 15.6 Å². The van der Waals surface area contributed by atoms with E-state index in [1.807, 2.05) is 0 Å². The summed E-state index contributed by atoms with van der Waals surface area (Å²) < 4.78 is 17.7. The summed E-state index contributed by atoms with van der Waals surface area (Å²) in [6, 6.07) is 3.61. The van der Waals surface area contributed by atoms with Gasteiger partial charge in [-0.2, -0.15) is 0 Å². The molecule has 0 unspecified atom stereocenters. The third kappa shape index (κ3) is 2.10. The molecule has 1 rings (SSSR count). The molecule has 0 saturated heterocycles. The normalized spacial score (nSPS) is 9.83. The van der Waals surface area contributed by atoms with Crippen LogP contribution in [0.3, 0.4) is 0 Å². The Morgan fingerprint density at radius 2 is 2.25 bits per heavy atom. The van der Waals surface area contributed by atoms with Gasteiger partial charge >= 0.3 is 0 Å². The minimum absolute atomic E-state index is 0.0246. The number of phenols is 1. The van der Waals surface area contributed by atoms with Gasteiger partial charge in [-0.15, -0.1) is 0 Å². The zero-order chi connectivity index (χ0) is 8.97. The molecule has 0 bridgehead atoms. The summed E-state index contributed by atoms with van der Waals surface area (Å²) in [6.45, 7) is 0.551. The van der Waals surface area contributed by atoms with Crippen molar-refractivity contribution in [1.82, 2.24) is 0 Å². The zero-order valence-corrected chi connectivity index (χ0v) is 6.46. The summed E-state index contributed by atoms with van der Waals surface area (Å²) in [6.07, 6.45) is 0. The predicted molar refractivity (Wildman–Crippen MR) is 42.6 cm³/mol. The van der Waals surface area contributed by atoms with Crippen LogP contribution in [0.5, 0.6) is 11.5 Å². The molecule has 12 heavy (non-hydrogen) atoms. The lowest BCUT2D eigenvalue weighted by Gasteiger charge is -2.05. The third-order valence-corrected chi connectivity index (χ3v) is 1.29. The van der Waals surface area contributed by atoms with Crippen LogP contribution in [0.2, 0.25) is 0 Å². The Morgan fingerprint density at radius 1 is 1.50 bits per heavy atom. The number of rotatable bonds is 3. The Hall–Kier alpha value is -1.29. The monoisotopic (exact) mass is 171 g/mol. The lowest BCUT2D eigenvalue weighted by molar-refractivity contribution is 0.309. The van der Waals surface area contributed by atoms with E-state index in [4.69, 9.17) is 15.6 Å². The maximum absolute atomic E-state index is 12.8. The molecule has 4 heteroatoms. The largest absolute Gasteiger partial charge is 0.508 e. The van der Waals surface area contributed by atoms with E-state index < -0.39 is 5.82 Å². The van der Waals surface area contributed by atoms with Gasteiger partial charge in [0.25, 0.3) is 0 Å². The van der Waals surface area contributed by atoms with Crippen molar-refractivity contribution in [3.63, 3.8) is 0 Å². The van der Waals surface area contributed by atoms with Crippen molar-refractivity contribution in [2.75, 3.05) is 13.2 Å². The highest BCUT2D eigenvalue weighted by molar-refractivity contribution is 5.33. The second-order valence-corrected chi connectivity index (χ2v) is 2.25. The summed E-state index contributed by atoms with van der Waals surface area (Å²) >= 11 is 0. The van der Waals surface area contributed by atoms with Gasteiger partial charge in [0.1, 0.15) is 12.4 Å². The fraction of sp³-hybridized carbons (Fsp3) is 0.250. The van der Waals surface area contributed by atoms with Crippen molar-refractivity contribution in [2.24, 2.45) is 5.73 Å². The van der Waals surface area contributed by atoms with Crippen molar-refractivity contribution < 1.29 is 14.2 Å². The van der Waals surface area contributed by atoms with E-state index in [0.717, 1.165) is 6.07 Å². The molecule has 3 nitrogen and oxygen atoms in total. The number of benzene rings is 1. The molecule has 0 heterocycles. The van der Waals surface area contributed by atoms with E-state index in [1.54, 1.807) is 0 Å². The zero-order valence-electron chi connectivity index (χ0n) is 6.46. The van der Waals surface area contributed by atoms with Crippen LogP contribution >= 0.6 is 0 Å². The molecule has 0 fully saturated rings. The van der Waals surface area contributed by atoms with Gasteiger partial charge in [0.05, 0.1) is 0 Å². The van der Waals surface area contributed by atoms with Crippen molar-refractivity contribution in [3.8, 4) is 11.5 Å². The highest BCUT2D eigenvalue weighted by atomic mass is 19.1. The number of ether oxygens (including phenoxy) is 1. The average molecular weight is 171 g/mol. The van der Waals surface area contributed by atoms with Crippen LogP contribution < -0.4 is 10.5 Å². The Balaban J connectivity index is 2.75. The molecular formula is C8H10FNO2. The van der Waals surface area contributed by atoms with Crippen LogP contribution in [-0.2, 0) is 0 Å². The molecule has 0 radical (unpaired) electrons. The van der Waals surface area contributed by atoms with E-state index in [1.165, 1.54) is 12.1 Å². The first-order valence-electron chi connectivity index (χ1n) is 3.55. The highest BCUT2D eigenvalue weighted by Crippen LogP contribution is 2.21. The SMILES string of the molecule is NCCOc1cc(O)ccc1F. The molecule has 1 aromatic carbocycles. The molecular weight excluding hydrogens is 161 g/mol. The van der Waals surface area contributed by atoms with Gasteiger partial charge in [0.15, 0.2) is 11.6 Å². The summed E-state index contributed by atoms with van der Waals surface area (Å²) in [5, 5.41) is 8.96. The molecule has 0 atom stereocenters. The first-order chi connectivity index (χ1) is 5.74. The fourth-order valence-electron chi connectivity index (χ4n) is 0.772. The number of halogens is 1. The van der Waals surface area contributed by atoms with Crippen molar-refractivity contribution in [2.45, 2.75) is 0 Å². The number of hydrogen-bond acceptors (Lipinski definition) is 3. The lowest BCUT2D eigenvalue weighted by atomic mass is 10.3. The Bertz CT molecular complexity index is 265. The Kier molecular flexibility index (Phi) is 2.88. The van der Waals surface area contributed by atoms with Crippen LogP contribution in [0.25, 0.3) is 0 Å². The standard InChI is InChI=1S/C8H10FNO2/c9-7-2-1-6(11)5-8(7)12-4-3-10/h1-2,5,11H,3-4,10H2. The summed E-state index contributed by atoms with van der Waals surface area (Å²) in [5.41, 5.74) is 5.15. The molecule has 0 spiro atoms. The van der Waals surface area contributed by atoms with Gasteiger partial charge in [-0.3, -0.25) is 0 Å². The first kappa shape index (κ1) is 8.80. The van der Waals surface area contributed by atoms with Gasteiger partial charge in [-0.05, 0) is 12.1 Å². The van der Waals surface area contributed by atoms with Gasteiger partial charge in [0, 0.05) is 12.6 Å². The van der Waals surface area contributed by atoms with Gasteiger partial charge in [-0.25, -0.2) is 4.39 Å². The molecule has 0 aliphatic carbocycles. The van der Waals surface area contributed by atoms with E-state index in [-0.39, 0.29) is 18.1 Å². The average Bonchev–Trinajstić information content (AvgIpc) is 2.07. The minimum atomic E-state index is -0.499. The number of hydrogen-bond donors (Lipinski definition) is 2. The molecule has 0 aromatic heterocycles. The van der Waals surface area contributed by atoms with Crippen molar-refractivity contribution in [3.05, 3.63) is 24.0 Å². The molecule has 1 aromatic rings. The van der Waals surface area contributed by atoms with Gasteiger partial charge in [-0.1, -0.05) is 0 Å². The Labute approximate surface area is 69.6 Å². The highest BCUT2D eigenvalue weighted by Gasteiger charge is 2.02. The summed E-state index contributed by atoms with van der Waals surface area (Å²) in [4.78, 5) is 0. The summed E-state index contributed by atoms with van der Waals surface area (Å²) in [5.74, 6) is -0.495. The second-order valence-electron chi connectivity index (χ2n) is 2.25. The maximum Gasteiger partial charge on any atom is 0.165 e. The van der Waals surface area contributed by atoms with E-state index in [0.29, 0.717) is 6.54 Å². The quantitative estimate of drug-likeness (QED) is 0.709. The molecule has 0 aliphatic heterocycles. The predicted octanol–water partition coefficient (Wildman–Crippen LogP) is 0.869. The number of aromatic hydroxyl groups is 1. The van der Waals surface area contributed by atoms with E-state index in [2.05, 4.69) is 0 Å². The lowest BCUT2D eigenvalue weighted by Crippen LogP contribution is -2.11. The summed E-state index contributed by atoms with van der Waals surface area (Å²) in [7, 11) is 0. The first-order valence-corrected chi connectivity index (χ1v) is 3.55. The Morgan fingerprint density at radius 3 is 2.92 bits per heavy atom. The van der Waals surface area contributed by atoms with E-state index in [9.17, 15) is 4.39 Å². The van der Waals surface area contributed by atoms with Crippen LogP contribution in [0.1, 0.15) is 0 Å². The van der Waals surface area contributed by atoms with Crippen LogP contribution in [0.15, 0.2) is 18.2 Å². The number of nitrogens with two attached hydrogens (primary N) is 1. The van der Waals surface area contributed by atoms with E-state index >= 15 is 0 Å². The molecule has 66 valence electrons. The third-order valence-electron chi connectivity index (χ3n) is 1.29. The van der Waals surface area contributed by atoms with Crippen LogP contribution in [0.4, 0.5) is 4.39 Å². The smallest absolute Gasteiger partial charge is 0.165 e. The second kappa shape index (κ2) is 3.92. The molecule has 3 N–H and O–H groups in total. The number of phenolic OH excluding ortho intramolecular Hbond substituents is 1. The molecule has 0 amide bonds. The molecule has 0 aliphatic rings. The maximum atomic E-state index is 12.8. The minimum Gasteiger partial charge on any atom is -0.508 e. The van der Waals surface area contributed by atoms with Crippen LogP contribution in [-0.4, -0.2) is 18.3 Å². The fourth-order valence-corrected chi connectivity index (χ4v) is 0.772. The van der Waals surface area contributed by atoms with Gasteiger partial charge in [0.2, 0.25) is 0 Å². The molecule has 0 saturated carbocycles. The van der Waals surface area contributed by atoms with Crippen LogP contribution in [0, 0.1) is 5.82 Å². The van der Waals surface area contributed by atoms with Crippen molar-refractivity contribution in [1.29, 1.82) is 0 Å². The topological polar surface area (TPSA) is 55.5 Å². The van der Waals surface area contributed by atoms with Crippen molar-refractivity contribution >= 4 is 0 Å².